The number of benzene rings is 2. The zero-order valence-corrected chi connectivity index (χ0v) is 18.8. The van der Waals surface area contributed by atoms with E-state index < -0.39 is 10.0 Å². The number of aromatic nitrogens is 1. The molecular weight excluding hydrogens is 420 g/mol. The van der Waals surface area contributed by atoms with E-state index in [1.54, 1.807) is 23.5 Å². The number of sulfonamides is 1. The van der Waals surface area contributed by atoms with Crippen molar-refractivity contribution >= 4 is 21.4 Å². The van der Waals surface area contributed by atoms with Gasteiger partial charge in [0.05, 0.1) is 17.2 Å². The van der Waals surface area contributed by atoms with Crippen LogP contribution in [0.3, 0.4) is 0 Å². The number of thiazole rings is 1. The van der Waals surface area contributed by atoms with E-state index in [0.29, 0.717) is 32.0 Å². The molecule has 0 fully saturated rings. The molecule has 1 N–H and O–H groups in total. The molecule has 30 heavy (non-hydrogen) atoms. The smallest absolute Gasteiger partial charge is 0.240 e. The highest BCUT2D eigenvalue weighted by Crippen LogP contribution is 2.24. The highest BCUT2D eigenvalue weighted by Gasteiger charge is 2.14. The zero-order valence-electron chi connectivity index (χ0n) is 17.1. The minimum Gasteiger partial charge on any atom is -0.491 e. The van der Waals surface area contributed by atoms with Crippen LogP contribution in [-0.2, 0) is 21.2 Å². The second kappa shape index (κ2) is 10.7. The number of ether oxygens (including phenoxy) is 2. The molecule has 8 heteroatoms. The van der Waals surface area contributed by atoms with Crippen LogP contribution in [0.1, 0.15) is 18.2 Å². The number of rotatable bonds is 11. The topological polar surface area (TPSA) is 77.5 Å². The van der Waals surface area contributed by atoms with Crippen molar-refractivity contribution in [1.82, 2.24) is 9.71 Å². The molecule has 0 unspecified atom stereocenters. The summed E-state index contributed by atoms with van der Waals surface area (Å²) in [7, 11) is -3.58. The van der Waals surface area contributed by atoms with Crippen LogP contribution in [0, 0.1) is 6.92 Å². The summed E-state index contributed by atoms with van der Waals surface area (Å²) in [5.74, 6) is 0.611. The predicted molar refractivity (Wildman–Crippen MR) is 120 cm³/mol. The molecule has 0 aliphatic carbocycles. The Morgan fingerprint density at radius 3 is 2.47 bits per heavy atom. The Morgan fingerprint density at radius 1 is 1.03 bits per heavy atom. The lowest BCUT2D eigenvalue weighted by Crippen LogP contribution is -2.26. The zero-order chi connectivity index (χ0) is 21.4. The van der Waals surface area contributed by atoms with Gasteiger partial charge in [0.25, 0.3) is 0 Å². The fraction of sp³-hybridized carbons (Fsp3) is 0.318. The molecule has 0 bridgehead atoms. The monoisotopic (exact) mass is 446 g/mol. The van der Waals surface area contributed by atoms with Gasteiger partial charge in [0.2, 0.25) is 10.0 Å². The van der Waals surface area contributed by atoms with E-state index in [1.165, 1.54) is 17.7 Å². The first-order valence-corrected chi connectivity index (χ1v) is 12.2. The first kappa shape index (κ1) is 22.4. The van der Waals surface area contributed by atoms with E-state index in [-0.39, 0.29) is 11.4 Å². The van der Waals surface area contributed by atoms with Gasteiger partial charge in [-0.2, -0.15) is 0 Å². The van der Waals surface area contributed by atoms with Crippen molar-refractivity contribution in [2.45, 2.75) is 25.2 Å². The van der Waals surface area contributed by atoms with E-state index in [0.717, 1.165) is 16.3 Å². The number of nitrogens with zero attached hydrogens (tertiary/aromatic N) is 1. The molecule has 0 saturated carbocycles. The summed E-state index contributed by atoms with van der Waals surface area (Å²) in [5.41, 5.74) is 3.15. The maximum absolute atomic E-state index is 12.5. The number of aryl methyl sites for hydroxylation is 1. The van der Waals surface area contributed by atoms with E-state index in [4.69, 9.17) is 9.47 Å². The summed E-state index contributed by atoms with van der Waals surface area (Å²) >= 11 is 1.56. The van der Waals surface area contributed by atoms with Gasteiger partial charge < -0.3 is 9.47 Å². The molecule has 0 radical (unpaired) electrons. The number of hydrogen-bond donors (Lipinski definition) is 1. The maximum atomic E-state index is 12.5. The van der Waals surface area contributed by atoms with E-state index in [9.17, 15) is 8.42 Å². The molecule has 1 heterocycles. The molecule has 0 aliphatic rings. The highest BCUT2D eigenvalue weighted by atomic mass is 32.2. The normalized spacial score (nSPS) is 11.5. The summed E-state index contributed by atoms with van der Waals surface area (Å²) in [6.45, 7) is 5.82. The van der Waals surface area contributed by atoms with Gasteiger partial charge in [-0.05, 0) is 38.1 Å². The summed E-state index contributed by atoms with van der Waals surface area (Å²) in [4.78, 5) is 4.82. The van der Waals surface area contributed by atoms with Crippen molar-refractivity contribution in [3.05, 3.63) is 65.2 Å². The lowest BCUT2D eigenvalue weighted by atomic mass is 10.2. The van der Waals surface area contributed by atoms with Crippen molar-refractivity contribution in [3.8, 4) is 16.3 Å². The van der Waals surface area contributed by atoms with Crippen LogP contribution in [0.2, 0.25) is 0 Å². The Bertz CT molecular complexity index is 1030. The highest BCUT2D eigenvalue weighted by molar-refractivity contribution is 7.89. The Morgan fingerprint density at radius 2 is 1.77 bits per heavy atom. The van der Waals surface area contributed by atoms with Crippen LogP contribution in [-0.4, -0.2) is 39.8 Å². The average Bonchev–Trinajstić information content (AvgIpc) is 3.21. The van der Waals surface area contributed by atoms with Gasteiger partial charge in [-0.1, -0.05) is 29.8 Å². The third-order valence-electron chi connectivity index (χ3n) is 4.36. The van der Waals surface area contributed by atoms with Crippen molar-refractivity contribution in [2.75, 3.05) is 26.4 Å². The van der Waals surface area contributed by atoms with Crippen LogP contribution < -0.4 is 9.46 Å². The third-order valence-corrected chi connectivity index (χ3v) is 6.78. The lowest BCUT2D eigenvalue weighted by Gasteiger charge is -2.09. The van der Waals surface area contributed by atoms with Crippen molar-refractivity contribution in [2.24, 2.45) is 0 Å². The van der Waals surface area contributed by atoms with Gasteiger partial charge in [0.1, 0.15) is 17.4 Å². The van der Waals surface area contributed by atoms with Gasteiger partial charge in [0, 0.05) is 30.5 Å². The average molecular weight is 447 g/mol. The first-order chi connectivity index (χ1) is 14.5. The molecule has 160 valence electrons. The van der Waals surface area contributed by atoms with E-state index in [1.807, 2.05) is 31.4 Å². The predicted octanol–water partition coefficient (Wildman–Crippen LogP) is 4.05. The Kier molecular flexibility index (Phi) is 7.98. The maximum Gasteiger partial charge on any atom is 0.240 e. The minimum atomic E-state index is -3.58. The molecule has 6 nitrogen and oxygen atoms in total. The first-order valence-electron chi connectivity index (χ1n) is 9.79. The molecule has 0 amide bonds. The van der Waals surface area contributed by atoms with Gasteiger partial charge in [-0.3, -0.25) is 0 Å². The molecule has 0 spiro atoms. The SMILES string of the molecule is CCOCCOc1ccc(S(=O)(=O)NCCc2csc(-c3ccc(C)cc3)n2)cc1. The number of hydrogen-bond acceptors (Lipinski definition) is 6. The summed E-state index contributed by atoms with van der Waals surface area (Å²) < 4.78 is 38.4. The van der Waals surface area contributed by atoms with Crippen molar-refractivity contribution in [1.29, 1.82) is 0 Å². The minimum absolute atomic E-state index is 0.207. The quantitative estimate of drug-likeness (QED) is 0.450. The Balaban J connectivity index is 1.51. The molecule has 0 aliphatic heterocycles. The van der Waals surface area contributed by atoms with Gasteiger partial charge >= 0.3 is 0 Å². The molecule has 0 atom stereocenters. The largest absolute Gasteiger partial charge is 0.491 e. The van der Waals surface area contributed by atoms with Gasteiger partial charge in [0.15, 0.2) is 0 Å². The van der Waals surface area contributed by atoms with E-state index >= 15 is 0 Å². The fourth-order valence-corrected chi connectivity index (χ4v) is 4.62. The van der Waals surface area contributed by atoms with Crippen molar-refractivity contribution < 1.29 is 17.9 Å². The van der Waals surface area contributed by atoms with Crippen LogP contribution in [0.15, 0.2) is 58.8 Å². The van der Waals surface area contributed by atoms with Crippen LogP contribution >= 0.6 is 11.3 Å². The molecule has 3 aromatic rings. The molecule has 2 aromatic carbocycles. The second-order valence-electron chi connectivity index (χ2n) is 6.67. The Labute approximate surface area is 181 Å². The summed E-state index contributed by atoms with van der Waals surface area (Å²) in [6.07, 6.45) is 0.528. The van der Waals surface area contributed by atoms with E-state index in [2.05, 4.69) is 21.8 Å². The summed E-state index contributed by atoms with van der Waals surface area (Å²) in [6, 6.07) is 14.6. The second-order valence-corrected chi connectivity index (χ2v) is 9.30. The lowest BCUT2D eigenvalue weighted by molar-refractivity contribution is 0.110. The van der Waals surface area contributed by atoms with Gasteiger partial charge in [-0.25, -0.2) is 18.1 Å². The van der Waals surface area contributed by atoms with Crippen LogP contribution in [0.4, 0.5) is 0 Å². The van der Waals surface area contributed by atoms with Crippen molar-refractivity contribution in [3.63, 3.8) is 0 Å². The molecule has 1 aromatic heterocycles. The Hall–Kier alpha value is -2.26. The molecule has 3 rings (SSSR count). The summed E-state index contributed by atoms with van der Waals surface area (Å²) in [5, 5.41) is 2.91. The number of nitrogens with one attached hydrogen (secondary N) is 1. The third kappa shape index (κ3) is 6.37. The van der Waals surface area contributed by atoms with Crippen LogP contribution in [0.25, 0.3) is 10.6 Å². The van der Waals surface area contributed by atoms with Gasteiger partial charge in [-0.15, -0.1) is 11.3 Å². The molecule has 0 saturated heterocycles. The standard InChI is InChI=1S/C22H26N2O4S2/c1-3-27-14-15-28-20-8-10-21(11-9-20)30(25,26)23-13-12-19-16-29-22(24-19)18-6-4-17(2)5-7-18/h4-11,16,23H,3,12-15H2,1-2H3. The molecular formula is C22H26N2O4S2. The fourth-order valence-electron chi connectivity index (χ4n) is 2.73. The van der Waals surface area contributed by atoms with Crippen LogP contribution in [0.5, 0.6) is 5.75 Å².